The van der Waals surface area contributed by atoms with Crippen LogP contribution in [0.3, 0.4) is 0 Å². The zero-order chi connectivity index (χ0) is 31.3. The molecule has 240 valence electrons. The number of fused-ring (bicyclic) bond motifs is 1. The number of aromatic nitrogens is 4. The number of nitrogens with zero attached hydrogens (tertiary/aromatic N) is 6. The van der Waals surface area contributed by atoms with Crippen molar-refractivity contribution in [2.45, 2.75) is 37.8 Å². The maximum Gasteiger partial charge on any atom is 0.271 e. The minimum atomic E-state index is -0.647. The van der Waals surface area contributed by atoms with Gasteiger partial charge in [-0.15, -0.1) is 0 Å². The molecule has 2 aromatic heterocycles. The van der Waals surface area contributed by atoms with Gasteiger partial charge in [-0.1, -0.05) is 12.1 Å². The van der Waals surface area contributed by atoms with Crippen molar-refractivity contribution in [3.8, 4) is 11.3 Å². The third-order valence-corrected chi connectivity index (χ3v) is 10.4. The average molecular weight is 623 g/mol. The molecule has 3 saturated heterocycles. The van der Waals surface area contributed by atoms with Gasteiger partial charge in [0.15, 0.2) is 17.3 Å². The van der Waals surface area contributed by atoms with E-state index >= 15 is 0 Å². The van der Waals surface area contributed by atoms with Gasteiger partial charge in [0.1, 0.15) is 5.69 Å². The SMILES string of the molecule is CN1CCN(C2CCN(c3ccc(Nc4nc(NC5CC6(COC6)C5)c(-c5cccc6[nH]cnc56)nc4C(N)=O)cc3)CC2)CC1. The molecule has 2 aromatic carbocycles. The van der Waals surface area contributed by atoms with E-state index in [1.54, 1.807) is 6.33 Å². The zero-order valence-electron chi connectivity index (χ0n) is 26.3. The Hall–Kier alpha value is -4.26. The largest absolute Gasteiger partial charge is 0.380 e. The molecule has 0 unspecified atom stereocenters. The molecule has 0 atom stereocenters. The number of imidazole rings is 1. The van der Waals surface area contributed by atoms with Crippen molar-refractivity contribution in [3.63, 3.8) is 0 Å². The number of rotatable bonds is 8. The van der Waals surface area contributed by atoms with Crippen LogP contribution in [0.1, 0.15) is 36.2 Å². The van der Waals surface area contributed by atoms with Gasteiger partial charge in [-0.2, -0.15) is 0 Å². The number of para-hydroxylation sites is 1. The summed E-state index contributed by atoms with van der Waals surface area (Å²) in [5.41, 5.74) is 11.3. The number of nitrogens with two attached hydrogens (primary N) is 1. The van der Waals surface area contributed by atoms with Crippen LogP contribution in [0.4, 0.5) is 23.0 Å². The summed E-state index contributed by atoms with van der Waals surface area (Å²) in [5, 5.41) is 6.98. The Balaban J connectivity index is 1.03. The van der Waals surface area contributed by atoms with Gasteiger partial charge in [-0.05, 0) is 63.1 Å². The number of aromatic amines is 1. The monoisotopic (exact) mass is 622 g/mol. The fraction of sp³-hybridized carbons (Fsp3) is 0.471. The average Bonchev–Trinajstić information content (AvgIpc) is 3.52. The molecule has 3 aliphatic heterocycles. The van der Waals surface area contributed by atoms with Crippen molar-refractivity contribution in [2.75, 3.05) is 75.1 Å². The molecule has 1 amide bonds. The first-order valence-electron chi connectivity index (χ1n) is 16.5. The first kappa shape index (κ1) is 29.2. The van der Waals surface area contributed by atoms with Crippen molar-refractivity contribution in [3.05, 3.63) is 54.5 Å². The predicted octanol–water partition coefficient (Wildman–Crippen LogP) is 3.67. The summed E-state index contributed by atoms with van der Waals surface area (Å²) in [7, 11) is 2.21. The minimum Gasteiger partial charge on any atom is -0.380 e. The molecule has 4 fully saturated rings. The van der Waals surface area contributed by atoms with Crippen molar-refractivity contribution in [2.24, 2.45) is 11.1 Å². The summed E-state index contributed by atoms with van der Waals surface area (Å²) in [5.74, 6) is 0.281. The molecular formula is C34H42N10O2. The molecule has 4 aromatic rings. The van der Waals surface area contributed by atoms with E-state index in [-0.39, 0.29) is 17.2 Å². The molecule has 4 aliphatic rings. The van der Waals surface area contributed by atoms with Gasteiger partial charge in [-0.3, -0.25) is 9.69 Å². The summed E-state index contributed by atoms with van der Waals surface area (Å²) < 4.78 is 5.48. The van der Waals surface area contributed by atoms with Crippen LogP contribution in [0.25, 0.3) is 22.3 Å². The second-order valence-corrected chi connectivity index (χ2v) is 13.6. The number of carbonyl (C=O) groups excluding carboxylic acids is 1. The van der Waals surface area contributed by atoms with Crippen LogP contribution in [0, 0.1) is 5.41 Å². The molecule has 1 spiro atoms. The molecule has 12 heteroatoms. The van der Waals surface area contributed by atoms with Gasteiger partial charge >= 0.3 is 0 Å². The Kier molecular flexibility index (Phi) is 7.50. The van der Waals surface area contributed by atoms with Crippen LogP contribution < -0.4 is 21.3 Å². The number of nitrogens with one attached hydrogen (secondary N) is 3. The molecule has 1 saturated carbocycles. The van der Waals surface area contributed by atoms with Crippen LogP contribution in [0.2, 0.25) is 0 Å². The molecule has 46 heavy (non-hydrogen) atoms. The third kappa shape index (κ3) is 5.54. The number of hydrogen-bond acceptors (Lipinski definition) is 10. The number of H-pyrrole nitrogens is 1. The molecular weight excluding hydrogens is 580 g/mol. The number of amides is 1. The van der Waals surface area contributed by atoms with E-state index in [4.69, 9.17) is 20.4 Å². The fourth-order valence-electron chi connectivity index (χ4n) is 7.62. The van der Waals surface area contributed by atoms with Gasteiger partial charge in [0.2, 0.25) is 0 Å². The molecule has 5 N–H and O–H groups in total. The molecule has 12 nitrogen and oxygen atoms in total. The van der Waals surface area contributed by atoms with Gasteiger partial charge in [0, 0.05) is 73.7 Å². The van der Waals surface area contributed by atoms with Crippen LogP contribution in [0.15, 0.2) is 48.8 Å². The molecule has 1 aliphatic carbocycles. The van der Waals surface area contributed by atoms with E-state index in [2.05, 4.69) is 54.5 Å². The second kappa shape index (κ2) is 11.8. The summed E-state index contributed by atoms with van der Waals surface area (Å²) in [6.07, 6.45) is 6.05. The van der Waals surface area contributed by atoms with Crippen molar-refractivity contribution >= 4 is 40.0 Å². The first-order chi connectivity index (χ1) is 22.4. The number of carbonyl (C=O) groups is 1. The fourth-order valence-corrected chi connectivity index (χ4v) is 7.62. The number of likely N-dealkylation sites (N-methyl/N-ethyl adjacent to an activating group) is 1. The molecule has 0 bridgehead atoms. The smallest absolute Gasteiger partial charge is 0.271 e. The Morgan fingerprint density at radius 1 is 0.978 bits per heavy atom. The van der Waals surface area contributed by atoms with Crippen molar-refractivity contribution in [1.82, 2.24) is 29.7 Å². The summed E-state index contributed by atoms with van der Waals surface area (Å²) >= 11 is 0. The van der Waals surface area contributed by atoms with Crippen molar-refractivity contribution < 1.29 is 9.53 Å². The highest BCUT2D eigenvalue weighted by Crippen LogP contribution is 2.48. The van der Waals surface area contributed by atoms with Crippen LogP contribution >= 0.6 is 0 Å². The number of benzene rings is 2. The van der Waals surface area contributed by atoms with E-state index < -0.39 is 5.91 Å². The number of anilines is 4. The summed E-state index contributed by atoms with van der Waals surface area (Å²) in [4.78, 5) is 37.8. The van der Waals surface area contributed by atoms with E-state index in [0.717, 1.165) is 74.5 Å². The maximum atomic E-state index is 12.8. The normalized spacial score (nSPS) is 20.8. The standard InChI is InChI=1S/C34H42N10O2/c1-42-13-15-44(16-14-42)25-9-11-43(12-10-25)24-7-5-22(6-8-24)38-33-30(31(35)45)40-29(26-3-2-4-27-28(26)37-21-36-27)32(41-33)39-23-17-34(18-23)19-46-20-34/h2-8,21,23,25H,9-20H2,1H3,(H2,35,45)(H,36,37)(H2,38,39,41). The van der Waals surface area contributed by atoms with Gasteiger partial charge in [-0.25, -0.2) is 15.0 Å². The third-order valence-electron chi connectivity index (χ3n) is 10.4. The Morgan fingerprint density at radius 3 is 2.43 bits per heavy atom. The lowest BCUT2D eigenvalue weighted by Crippen LogP contribution is -2.56. The molecule has 0 radical (unpaired) electrons. The van der Waals surface area contributed by atoms with E-state index in [1.807, 2.05) is 30.3 Å². The molecule has 5 heterocycles. The van der Waals surface area contributed by atoms with E-state index in [9.17, 15) is 4.79 Å². The lowest BCUT2D eigenvalue weighted by Gasteiger charge is -2.53. The van der Waals surface area contributed by atoms with Gasteiger partial charge in [0.25, 0.3) is 5.91 Å². The zero-order valence-corrected chi connectivity index (χ0v) is 26.3. The Morgan fingerprint density at radius 2 is 1.74 bits per heavy atom. The number of piperidine rings is 1. The topological polar surface area (TPSA) is 141 Å². The van der Waals surface area contributed by atoms with Gasteiger partial charge < -0.3 is 35.9 Å². The predicted molar refractivity (Wildman–Crippen MR) is 180 cm³/mol. The lowest BCUT2D eigenvalue weighted by atomic mass is 9.64. The quantitative estimate of drug-likeness (QED) is 0.230. The second-order valence-electron chi connectivity index (χ2n) is 13.6. The highest BCUT2D eigenvalue weighted by molar-refractivity contribution is 5.99. The van der Waals surface area contributed by atoms with E-state index in [0.29, 0.717) is 23.4 Å². The Labute approximate surface area is 268 Å². The minimum absolute atomic E-state index is 0.0839. The van der Waals surface area contributed by atoms with Crippen LogP contribution in [-0.2, 0) is 4.74 Å². The van der Waals surface area contributed by atoms with E-state index in [1.165, 1.54) is 31.6 Å². The first-order valence-corrected chi connectivity index (χ1v) is 16.5. The van der Waals surface area contributed by atoms with Crippen LogP contribution in [0.5, 0.6) is 0 Å². The Bertz CT molecular complexity index is 1710. The maximum absolute atomic E-state index is 12.8. The number of hydrogen-bond donors (Lipinski definition) is 4. The lowest BCUT2D eigenvalue weighted by molar-refractivity contribution is -0.159. The van der Waals surface area contributed by atoms with Gasteiger partial charge in [0.05, 0.1) is 30.6 Å². The van der Waals surface area contributed by atoms with Crippen LogP contribution in [-0.4, -0.2) is 107 Å². The molecule has 8 rings (SSSR count). The highest BCUT2D eigenvalue weighted by Gasteiger charge is 2.50. The number of piperazine rings is 1. The summed E-state index contributed by atoms with van der Waals surface area (Å²) in [6.45, 7) is 8.39. The van der Waals surface area contributed by atoms with Crippen molar-refractivity contribution in [1.29, 1.82) is 0 Å². The summed E-state index contributed by atoms with van der Waals surface area (Å²) in [6, 6.07) is 15.1. The number of ether oxygens (including phenoxy) is 1. The highest BCUT2D eigenvalue weighted by atomic mass is 16.5. The number of primary amides is 1.